The summed E-state index contributed by atoms with van der Waals surface area (Å²) in [5.74, 6) is -0.739. The maximum absolute atomic E-state index is 12.3. The lowest BCUT2D eigenvalue weighted by molar-refractivity contribution is -0.142. The van der Waals surface area contributed by atoms with Crippen molar-refractivity contribution < 1.29 is 19.4 Å². The molecule has 2 heterocycles. The molecule has 7 nitrogen and oxygen atoms in total. The minimum atomic E-state index is -1.11. The van der Waals surface area contributed by atoms with E-state index >= 15 is 0 Å². The largest absolute Gasteiger partial charge is 0.493 e. The minimum absolute atomic E-state index is 0.405. The highest BCUT2D eigenvalue weighted by atomic mass is 16.5. The van der Waals surface area contributed by atoms with Gasteiger partial charge in [-0.15, -0.1) is 0 Å². The number of hydrogen-bond acceptors (Lipinski definition) is 4. The van der Waals surface area contributed by atoms with E-state index in [4.69, 9.17) is 4.74 Å². The predicted octanol–water partition coefficient (Wildman–Crippen LogP) is 1.32. The molecule has 0 aliphatic carbocycles. The topological polar surface area (TPSA) is 93.5 Å². The normalized spacial score (nSPS) is 15.3. The Morgan fingerprint density at radius 3 is 2.96 bits per heavy atom. The molecule has 0 bridgehead atoms. The van der Waals surface area contributed by atoms with Gasteiger partial charge in [0.25, 0.3) is 0 Å². The third-order valence-electron chi connectivity index (χ3n) is 3.88. The van der Waals surface area contributed by atoms with E-state index in [-0.39, 0.29) is 0 Å². The summed E-state index contributed by atoms with van der Waals surface area (Å²) in [4.78, 5) is 23.9. The first-order chi connectivity index (χ1) is 11.1. The molecule has 0 saturated carbocycles. The first kappa shape index (κ1) is 15.1. The van der Waals surface area contributed by atoms with Crippen LogP contribution in [0, 0.1) is 0 Å². The fourth-order valence-corrected chi connectivity index (χ4v) is 2.57. The van der Waals surface area contributed by atoms with E-state index in [0.29, 0.717) is 12.2 Å². The predicted molar refractivity (Wildman–Crippen MR) is 81.1 cm³/mol. The smallest absolute Gasteiger partial charge is 0.330 e. The molecule has 2 unspecified atom stereocenters. The Balaban J connectivity index is 1.79. The van der Waals surface area contributed by atoms with Crippen molar-refractivity contribution in [3.63, 3.8) is 0 Å². The van der Waals surface area contributed by atoms with Gasteiger partial charge in [0.2, 0.25) is 5.91 Å². The molecule has 7 heteroatoms. The van der Waals surface area contributed by atoms with Crippen molar-refractivity contribution >= 4 is 11.9 Å². The molecule has 1 aromatic carbocycles. The van der Waals surface area contributed by atoms with Gasteiger partial charge in [0, 0.05) is 18.8 Å². The second-order valence-electron chi connectivity index (χ2n) is 5.41. The number of aliphatic carboxylic acids is 1. The number of rotatable bonds is 5. The van der Waals surface area contributed by atoms with Crippen LogP contribution in [0.2, 0.25) is 0 Å². The fraction of sp³-hybridized carbons (Fsp3) is 0.312. The van der Waals surface area contributed by atoms with Crippen LogP contribution in [0.25, 0.3) is 0 Å². The SMILES string of the molecule is CC(C(=O)NC(C(=O)O)c1ccc2c(c1)CCO2)n1cccn1. The summed E-state index contributed by atoms with van der Waals surface area (Å²) in [7, 11) is 0. The number of carbonyl (C=O) groups is 2. The molecule has 0 radical (unpaired) electrons. The number of hydrogen-bond donors (Lipinski definition) is 2. The zero-order valence-corrected chi connectivity index (χ0v) is 12.6. The lowest BCUT2D eigenvalue weighted by atomic mass is 10.0. The summed E-state index contributed by atoms with van der Waals surface area (Å²) < 4.78 is 6.89. The van der Waals surface area contributed by atoms with Crippen LogP contribution < -0.4 is 10.1 Å². The third-order valence-corrected chi connectivity index (χ3v) is 3.88. The number of carboxylic acid groups (broad SMARTS) is 1. The summed E-state index contributed by atoms with van der Waals surface area (Å²) in [5.41, 5.74) is 1.49. The summed E-state index contributed by atoms with van der Waals surface area (Å²) in [6, 6.07) is 5.20. The zero-order valence-electron chi connectivity index (χ0n) is 12.6. The van der Waals surface area contributed by atoms with Gasteiger partial charge in [-0.3, -0.25) is 9.48 Å². The highest BCUT2D eigenvalue weighted by Crippen LogP contribution is 2.28. The molecule has 23 heavy (non-hydrogen) atoms. The number of nitrogens with one attached hydrogen (secondary N) is 1. The first-order valence-corrected chi connectivity index (χ1v) is 7.34. The van der Waals surface area contributed by atoms with Crippen LogP contribution in [-0.4, -0.2) is 33.4 Å². The van der Waals surface area contributed by atoms with Gasteiger partial charge in [0.05, 0.1) is 6.61 Å². The molecule has 1 aromatic heterocycles. The van der Waals surface area contributed by atoms with Gasteiger partial charge in [-0.05, 0) is 36.2 Å². The first-order valence-electron chi connectivity index (χ1n) is 7.34. The molecular formula is C16H17N3O4. The molecule has 3 rings (SSSR count). The number of nitrogens with zero attached hydrogens (tertiary/aromatic N) is 2. The molecule has 2 aromatic rings. The van der Waals surface area contributed by atoms with Crippen molar-refractivity contribution in [1.29, 1.82) is 0 Å². The molecule has 2 N–H and O–H groups in total. The standard InChI is InChI=1S/C16H17N3O4/c1-10(19-7-2-6-17-19)15(20)18-14(16(21)22)12-3-4-13-11(9-12)5-8-23-13/h2-4,6-7,9-10,14H,5,8H2,1H3,(H,18,20)(H,21,22). The van der Waals surface area contributed by atoms with Crippen molar-refractivity contribution in [2.24, 2.45) is 0 Å². The van der Waals surface area contributed by atoms with E-state index in [9.17, 15) is 14.7 Å². The van der Waals surface area contributed by atoms with Crippen LogP contribution in [0.4, 0.5) is 0 Å². The number of amides is 1. The number of carbonyl (C=O) groups excluding carboxylic acids is 1. The monoisotopic (exact) mass is 315 g/mol. The molecule has 0 saturated heterocycles. The highest BCUT2D eigenvalue weighted by Gasteiger charge is 2.26. The molecule has 1 amide bonds. The molecule has 1 aliphatic rings. The summed E-state index contributed by atoms with van der Waals surface area (Å²) >= 11 is 0. The molecule has 0 fully saturated rings. The molecule has 1 aliphatic heterocycles. The highest BCUT2D eigenvalue weighted by molar-refractivity contribution is 5.86. The van der Waals surface area contributed by atoms with Crippen LogP contribution >= 0.6 is 0 Å². The van der Waals surface area contributed by atoms with Gasteiger partial charge in [-0.2, -0.15) is 5.10 Å². The number of benzene rings is 1. The average Bonchev–Trinajstić information content (AvgIpc) is 3.21. The molecular weight excluding hydrogens is 298 g/mol. The quantitative estimate of drug-likeness (QED) is 0.868. The average molecular weight is 315 g/mol. The number of fused-ring (bicyclic) bond motifs is 1. The van der Waals surface area contributed by atoms with E-state index < -0.39 is 24.0 Å². The van der Waals surface area contributed by atoms with E-state index in [2.05, 4.69) is 10.4 Å². The lowest BCUT2D eigenvalue weighted by Crippen LogP contribution is -2.38. The van der Waals surface area contributed by atoms with Crippen molar-refractivity contribution in [3.8, 4) is 5.75 Å². The minimum Gasteiger partial charge on any atom is -0.493 e. The number of aromatic nitrogens is 2. The lowest BCUT2D eigenvalue weighted by Gasteiger charge is -2.19. The van der Waals surface area contributed by atoms with Crippen LogP contribution in [0.3, 0.4) is 0 Å². The van der Waals surface area contributed by atoms with Crippen molar-refractivity contribution in [1.82, 2.24) is 15.1 Å². The summed E-state index contributed by atoms with van der Waals surface area (Å²) in [6.07, 6.45) is 3.97. The molecule has 2 atom stereocenters. The van der Waals surface area contributed by atoms with Gasteiger partial charge < -0.3 is 15.2 Å². The number of ether oxygens (including phenoxy) is 1. The van der Waals surface area contributed by atoms with Crippen LogP contribution in [0.1, 0.15) is 30.1 Å². The van der Waals surface area contributed by atoms with Crippen molar-refractivity contribution in [2.75, 3.05) is 6.61 Å². The van der Waals surface area contributed by atoms with Crippen LogP contribution in [0.5, 0.6) is 5.75 Å². The van der Waals surface area contributed by atoms with Gasteiger partial charge in [-0.25, -0.2) is 4.79 Å². The third kappa shape index (κ3) is 3.03. The van der Waals surface area contributed by atoms with Gasteiger partial charge in [0.1, 0.15) is 11.8 Å². The van der Waals surface area contributed by atoms with Crippen molar-refractivity contribution in [2.45, 2.75) is 25.4 Å². The number of carboxylic acids is 1. The van der Waals surface area contributed by atoms with Gasteiger partial charge >= 0.3 is 5.97 Å². The molecule has 0 spiro atoms. The van der Waals surface area contributed by atoms with E-state index in [0.717, 1.165) is 17.7 Å². The second-order valence-corrected chi connectivity index (χ2v) is 5.41. The van der Waals surface area contributed by atoms with Crippen LogP contribution in [-0.2, 0) is 16.0 Å². The Hall–Kier alpha value is -2.83. The van der Waals surface area contributed by atoms with E-state index in [1.54, 1.807) is 43.6 Å². The summed E-state index contributed by atoms with van der Waals surface area (Å²) in [6.45, 7) is 2.26. The summed E-state index contributed by atoms with van der Waals surface area (Å²) in [5, 5.41) is 16.0. The fourth-order valence-electron chi connectivity index (χ4n) is 2.57. The Kier molecular flexibility index (Phi) is 4.01. The Bertz CT molecular complexity index is 727. The maximum atomic E-state index is 12.3. The van der Waals surface area contributed by atoms with Gasteiger partial charge in [0.15, 0.2) is 6.04 Å². The zero-order chi connectivity index (χ0) is 16.4. The molecule has 120 valence electrons. The van der Waals surface area contributed by atoms with Crippen molar-refractivity contribution in [3.05, 3.63) is 47.8 Å². The van der Waals surface area contributed by atoms with E-state index in [1.165, 1.54) is 4.68 Å². The second kappa shape index (κ2) is 6.12. The Morgan fingerprint density at radius 2 is 2.26 bits per heavy atom. The van der Waals surface area contributed by atoms with E-state index in [1.807, 2.05) is 0 Å². The Morgan fingerprint density at radius 1 is 1.43 bits per heavy atom. The Labute approximate surface area is 132 Å². The maximum Gasteiger partial charge on any atom is 0.330 e. The van der Waals surface area contributed by atoms with Gasteiger partial charge in [-0.1, -0.05) is 6.07 Å². The van der Waals surface area contributed by atoms with Crippen LogP contribution in [0.15, 0.2) is 36.7 Å².